The Morgan fingerprint density at radius 3 is 2.72 bits per heavy atom. The second kappa shape index (κ2) is 4.63. The Labute approximate surface area is 108 Å². The molecule has 5 heteroatoms. The van der Waals surface area contributed by atoms with E-state index >= 15 is 0 Å². The standard InChI is InChI=1S/C13H22N2O3/c1-9-7-13(16,5-6-17-9)8-10-14-11(15-18-10)12(2,3)4/h9,16H,5-8H2,1-4H3/t9-,13-/m0/s1. The lowest BCUT2D eigenvalue weighted by Gasteiger charge is -2.34. The monoisotopic (exact) mass is 254 g/mol. The van der Waals surface area contributed by atoms with Crippen molar-refractivity contribution in [2.45, 2.75) is 64.1 Å². The van der Waals surface area contributed by atoms with Crippen LogP contribution in [-0.4, -0.2) is 33.6 Å². The summed E-state index contributed by atoms with van der Waals surface area (Å²) in [6.45, 7) is 8.66. The molecule has 1 N–H and O–H groups in total. The zero-order valence-electron chi connectivity index (χ0n) is 11.6. The summed E-state index contributed by atoms with van der Waals surface area (Å²) >= 11 is 0. The molecule has 0 saturated carbocycles. The van der Waals surface area contributed by atoms with Gasteiger partial charge in [-0.3, -0.25) is 0 Å². The molecule has 1 aromatic rings. The maximum absolute atomic E-state index is 10.5. The number of ether oxygens (including phenoxy) is 1. The minimum atomic E-state index is -0.778. The van der Waals surface area contributed by atoms with Crippen LogP contribution in [-0.2, 0) is 16.6 Å². The van der Waals surface area contributed by atoms with Gasteiger partial charge in [0.25, 0.3) is 0 Å². The molecule has 1 saturated heterocycles. The van der Waals surface area contributed by atoms with Gasteiger partial charge in [-0.25, -0.2) is 0 Å². The topological polar surface area (TPSA) is 68.4 Å². The fourth-order valence-electron chi connectivity index (χ4n) is 2.22. The minimum absolute atomic E-state index is 0.0776. The molecular formula is C13H22N2O3. The highest BCUT2D eigenvalue weighted by molar-refractivity contribution is 5.02. The molecule has 1 aliphatic rings. The third kappa shape index (κ3) is 3.09. The van der Waals surface area contributed by atoms with E-state index in [4.69, 9.17) is 9.26 Å². The molecule has 5 nitrogen and oxygen atoms in total. The minimum Gasteiger partial charge on any atom is -0.389 e. The fraction of sp³-hybridized carbons (Fsp3) is 0.846. The summed E-state index contributed by atoms with van der Waals surface area (Å²) in [7, 11) is 0. The summed E-state index contributed by atoms with van der Waals surface area (Å²) in [4.78, 5) is 4.37. The molecule has 1 aromatic heterocycles. The van der Waals surface area contributed by atoms with Gasteiger partial charge in [-0.2, -0.15) is 4.98 Å². The van der Waals surface area contributed by atoms with Crippen molar-refractivity contribution in [2.75, 3.05) is 6.61 Å². The molecule has 102 valence electrons. The van der Waals surface area contributed by atoms with Crippen LogP contribution in [0.5, 0.6) is 0 Å². The Bertz CT molecular complexity index is 411. The summed E-state index contributed by atoms with van der Waals surface area (Å²) < 4.78 is 10.7. The molecule has 0 amide bonds. The highest BCUT2D eigenvalue weighted by atomic mass is 16.5. The molecule has 0 aliphatic carbocycles. The first-order valence-electron chi connectivity index (χ1n) is 6.46. The van der Waals surface area contributed by atoms with E-state index < -0.39 is 5.60 Å². The average molecular weight is 254 g/mol. The highest BCUT2D eigenvalue weighted by Crippen LogP contribution is 2.28. The molecule has 0 bridgehead atoms. The van der Waals surface area contributed by atoms with Crippen molar-refractivity contribution in [1.29, 1.82) is 0 Å². The van der Waals surface area contributed by atoms with E-state index in [0.29, 0.717) is 37.6 Å². The van der Waals surface area contributed by atoms with Crippen LogP contribution >= 0.6 is 0 Å². The van der Waals surface area contributed by atoms with Crippen LogP contribution in [0, 0.1) is 0 Å². The Kier molecular flexibility index (Phi) is 3.47. The van der Waals surface area contributed by atoms with E-state index in [-0.39, 0.29) is 11.5 Å². The number of hydrogen-bond donors (Lipinski definition) is 1. The quantitative estimate of drug-likeness (QED) is 0.872. The number of aromatic nitrogens is 2. The molecule has 1 aliphatic heterocycles. The Morgan fingerprint density at radius 2 is 2.17 bits per heavy atom. The van der Waals surface area contributed by atoms with Crippen molar-refractivity contribution in [3.8, 4) is 0 Å². The Morgan fingerprint density at radius 1 is 1.44 bits per heavy atom. The summed E-state index contributed by atoms with van der Waals surface area (Å²) in [5, 5.41) is 14.5. The summed E-state index contributed by atoms with van der Waals surface area (Å²) in [6.07, 6.45) is 1.71. The fourth-order valence-corrected chi connectivity index (χ4v) is 2.22. The average Bonchev–Trinajstić information content (AvgIpc) is 2.64. The normalized spacial score (nSPS) is 29.5. The molecule has 18 heavy (non-hydrogen) atoms. The number of aliphatic hydroxyl groups is 1. The van der Waals surface area contributed by atoms with Crippen molar-refractivity contribution in [3.05, 3.63) is 11.7 Å². The van der Waals surface area contributed by atoms with E-state index in [1.807, 2.05) is 27.7 Å². The van der Waals surface area contributed by atoms with Gasteiger partial charge in [-0.05, 0) is 6.92 Å². The van der Waals surface area contributed by atoms with Gasteiger partial charge in [0, 0.05) is 24.9 Å². The molecule has 1 fully saturated rings. The van der Waals surface area contributed by atoms with Crippen LogP contribution in [0.15, 0.2) is 4.52 Å². The van der Waals surface area contributed by atoms with Gasteiger partial charge in [0.15, 0.2) is 5.82 Å². The number of nitrogens with zero attached hydrogens (tertiary/aromatic N) is 2. The second-order valence-corrected chi connectivity index (χ2v) is 6.30. The molecule has 0 unspecified atom stereocenters. The Balaban J connectivity index is 2.07. The van der Waals surface area contributed by atoms with Crippen LogP contribution in [0.1, 0.15) is 52.3 Å². The van der Waals surface area contributed by atoms with Crippen molar-refractivity contribution in [2.24, 2.45) is 0 Å². The first-order valence-corrected chi connectivity index (χ1v) is 6.46. The van der Waals surface area contributed by atoms with Crippen LogP contribution in [0.25, 0.3) is 0 Å². The van der Waals surface area contributed by atoms with E-state index in [9.17, 15) is 5.11 Å². The SMILES string of the molecule is C[C@H]1C[C@](O)(Cc2nc(C(C)(C)C)no2)CCO1. The summed E-state index contributed by atoms with van der Waals surface area (Å²) in [5.74, 6) is 1.19. The van der Waals surface area contributed by atoms with E-state index in [1.165, 1.54) is 0 Å². The zero-order chi connectivity index (χ0) is 13.4. The lowest BCUT2D eigenvalue weighted by atomic mass is 9.87. The highest BCUT2D eigenvalue weighted by Gasteiger charge is 2.35. The van der Waals surface area contributed by atoms with E-state index in [0.717, 1.165) is 0 Å². The molecule has 0 radical (unpaired) electrons. The third-order valence-corrected chi connectivity index (χ3v) is 3.26. The van der Waals surface area contributed by atoms with Crippen molar-refractivity contribution >= 4 is 0 Å². The van der Waals surface area contributed by atoms with Crippen LogP contribution in [0.4, 0.5) is 0 Å². The van der Waals surface area contributed by atoms with Gasteiger partial charge in [0.1, 0.15) is 0 Å². The zero-order valence-corrected chi connectivity index (χ0v) is 11.6. The first-order chi connectivity index (χ1) is 8.28. The van der Waals surface area contributed by atoms with Gasteiger partial charge >= 0.3 is 0 Å². The molecule has 0 spiro atoms. The third-order valence-electron chi connectivity index (χ3n) is 3.26. The predicted molar refractivity (Wildman–Crippen MR) is 66.3 cm³/mol. The maximum Gasteiger partial charge on any atom is 0.229 e. The van der Waals surface area contributed by atoms with Crippen LogP contribution < -0.4 is 0 Å². The van der Waals surface area contributed by atoms with Crippen LogP contribution in [0.3, 0.4) is 0 Å². The number of hydrogen-bond acceptors (Lipinski definition) is 5. The van der Waals surface area contributed by atoms with Gasteiger partial charge < -0.3 is 14.4 Å². The molecule has 0 aromatic carbocycles. The molecule has 2 heterocycles. The van der Waals surface area contributed by atoms with E-state index in [1.54, 1.807) is 0 Å². The van der Waals surface area contributed by atoms with Gasteiger partial charge in [-0.15, -0.1) is 0 Å². The van der Waals surface area contributed by atoms with Crippen LogP contribution in [0.2, 0.25) is 0 Å². The van der Waals surface area contributed by atoms with Gasteiger partial charge in [-0.1, -0.05) is 25.9 Å². The van der Waals surface area contributed by atoms with E-state index in [2.05, 4.69) is 10.1 Å². The van der Waals surface area contributed by atoms with Gasteiger partial charge in [0.2, 0.25) is 5.89 Å². The largest absolute Gasteiger partial charge is 0.389 e. The van der Waals surface area contributed by atoms with Crippen molar-refractivity contribution < 1.29 is 14.4 Å². The lowest BCUT2D eigenvalue weighted by Crippen LogP contribution is -2.41. The van der Waals surface area contributed by atoms with Gasteiger partial charge in [0.05, 0.1) is 18.1 Å². The Hall–Kier alpha value is -0.940. The summed E-state index contributed by atoms with van der Waals surface area (Å²) in [6, 6.07) is 0. The van der Waals surface area contributed by atoms with Crippen molar-refractivity contribution in [3.63, 3.8) is 0 Å². The smallest absolute Gasteiger partial charge is 0.229 e. The predicted octanol–water partition coefficient (Wildman–Crippen LogP) is 1.84. The molecular weight excluding hydrogens is 232 g/mol. The van der Waals surface area contributed by atoms with Crippen molar-refractivity contribution in [1.82, 2.24) is 10.1 Å². The lowest BCUT2D eigenvalue weighted by molar-refractivity contribution is -0.0987. The maximum atomic E-state index is 10.5. The molecule has 2 rings (SSSR count). The first kappa shape index (κ1) is 13.5. The summed E-state index contributed by atoms with van der Waals surface area (Å²) in [5.41, 5.74) is -0.910. The molecule has 2 atom stereocenters. The second-order valence-electron chi connectivity index (χ2n) is 6.30. The number of rotatable bonds is 2.